The molecule has 21 heavy (non-hydrogen) atoms. The third-order valence-corrected chi connectivity index (χ3v) is 5.21. The SMILES string of the molecule is CS(=O)(=O)NC1CC12CCN(C(=O)c1cccnc1)CC2. The van der Waals surface area contributed by atoms with Gasteiger partial charge >= 0.3 is 0 Å². The summed E-state index contributed by atoms with van der Waals surface area (Å²) in [7, 11) is -3.15. The van der Waals surface area contributed by atoms with Crippen LogP contribution in [-0.2, 0) is 10.0 Å². The lowest BCUT2D eigenvalue weighted by Crippen LogP contribution is -2.41. The van der Waals surface area contributed by atoms with Gasteiger partial charge in [-0.1, -0.05) is 0 Å². The maximum absolute atomic E-state index is 12.3. The molecule has 2 heterocycles. The van der Waals surface area contributed by atoms with Gasteiger partial charge in [0.2, 0.25) is 10.0 Å². The van der Waals surface area contributed by atoms with E-state index in [0.717, 1.165) is 19.3 Å². The van der Waals surface area contributed by atoms with E-state index in [0.29, 0.717) is 18.7 Å². The van der Waals surface area contributed by atoms with Gasteiger partial charge in [-0.15, -0.1) is 0 Å². The quantitative estimate of drug-likeness (QED) is 0.888. The summed E-state index contributed by atoms with van der Waals surface area (Å²) in [5.74, 6) is 0.00576. The fraction of sp³-hybridized carbons (Fsp3) is 0.571. The number of carbonyl (C=O) groups excluding carboxylic acids is 1. The molecule has 114 valence electrons. The van der Waals surface area contributed by atoms with E-state index < -0.39 is 10.0 Å². The number of nitrogens with one attached hydrogen (secondary N) is 1. The molecule has 1 N–H and O–H groups in total. The largest absolute Gasteiger partial charge is 0.339 e. The first-order valence-electron chi connectivity index (χ1n) is 7.06. The predicted molar refractivity (Wildman–Crippen MR) is 78.2 cm³/mol. The van der Waals surface area contributed by atoms with Gasteiger partial charge < -0.3 is 4.90 Å². The summed E-state index contributed by atoms with van der Waals surface area (Å²) in [6.45, 7) is 1.35. The molecular weight excluding hydrogens is 290 g/mol. The molecule has 2 fully saturated rings. The monoisotopic (exact) mass is 309 g/mol. The van der Waals surface area contributed by atoms with Crippen LogP contribution in [-0.4, -0.2) is 49.6 Å². The molecule has 0 radical (unpaired) electrons. The van der Waals surface area contributed by atoms with Crippen LogP contribution in [0.1, 0.15) is 29.6 Å². The Labute approximate surface area is 124 Å². The van der Waals surface area contributed by atoms with Crippen molar-refractivity contribution in [2.75, 3.05) is 19.3 Å². The number of rotatable bonds is 3. The minimum absolute atomic E-state index is 0.00576. The van der Waals surface area contributed by atoms with Crippen LogP contribution in [0.25, 0.3) is 0 Å². The summed E-state index contributed by atoms with van der Waals surface area (Å²) in [6.07, 6.45) is 7.01. The van der Waals surface area contributed by atoms with Crippen molar-refractivity contribution in [2.45, 2.75) is 25.3 Å². The van der Waals surface area contributed by atoms with Crippen molar-refractivity contribution in [1.82, 2.24) is 14.6 Å². The molecule has 1 amide bonds. The van der Waals surface area contributed by atoms with Crippen molar-refractivity contribution >= 4 is 15.9 Å². The minimum Gasteiger partial charge on any atom is -0.339 e. The normalized spacial score (nSPS) is 24.0. The van der Waals surface area contributed by atoms with Crippen LogP contribution in [0.4, 0.5) is 0 Å². The summed E-state index contributed by atoms with van der Waals surface area (Å²) in [5, 5.41) is 0. The molecule has 1 aromatic heterocycles. The molecule has 1 spiro atoms. The molecule has 6 nitrogen and oxygen atoms in total. The molecule has 1 aromatic rings. The lowest BCUT2D eigenvalue weighted by Gasteiger charge is -2.33. The smallest absolute Gasteiger partial charge is 0.255 e. The highest BCUT2D eigenvalue weighted by Gasteiger charge is 2.56. The summed E-state index contributed by atoms with van der Waals surface area (Å²) in [4.78, 5) is 18.1. The van der Waals surface area contributed by atoms with Gasteiger partial charge in [0.25, 0.3) is 5.91 Å². The molecule has 1 saturated carbocycles. The lowest BCUT2D eigenvalue weighted by atomic mass is 9.92. The van der Waals surface area contributed by atoms with Crippen molar-refractivity contribution in [2.24, 2.45) is 5.41 Å². The van der Waals surface area contributed by atoms with Crippen LogP contribution in [0, 0.1) is 5.41 Å². The van der Waals surface area contributed by atoms with E-state index in [4.69, 9.17) is 0 Å². The minimum atomic E-state index is -3.15. The Morgan fingerprint density at radius 2 is 2.14 bits per heavy atom. The number of amides is 1. The number of likely N-dealkylation sites (tertiary alicyclic amines) is 1. The van der Waals surface area contributed by atoms with E-state index in [1.807, 2.05) is 4.90 Å². The fourth-order valence-electron chi connectivity index (χ4n) is 3.15. The topological polar surface area (TPSA) is 79.4 Å². The van der Waals surface area contributed by atoms with E-state index >= 15 is 0 Å². The van der Waals surface area contributed by atoms with Gasteiger partial charge in [-0.2, -0.15) is 0 Å². The summed E-state index contributed by atoms with van der Waals surface area (Å²) >= 11 is 0. The van der Waals surface area contributed by atoms with Gasteiger partial charge in [0.1, 0.15) is 0 Å². The molecule has 0 aromatic carbocycles. The maximum Gasteiger partial charge on any atom is 0.255 e. The Kier molecular flexibility index (Phi) is 3.49. The highest BCUT2D eigenvalue weighted by atomic mass is 32.2. The second kappa shape index (κ2) is 5.06. The molecule has 2 aliphatic rings. The number of hydrogen-bond donors (Lipinski definition) is 1. The molecule has 0 bridgehead atoms. The molecular formula is C14H19N3O3S. The Morgan fingerprint density at radius 3 is 2.71 bits per heavy atom. The Balaban J connectivity index is 1.58. The number of hydrogen-bond acceptors (Lipinski definition) is 4. The van der Waals surface area contributed by atoms with Crippen molar-refractivity contribution in [3.05, 3.63) is 30.1 Å². The number of pyridine rings is 1. The van der Waals surface area contributed by atoms with E-state index in [9.17, 15) is 13.2 Å². The van der Waals surface area contributed by atoms with Crippen LogP contribution in [0.2, 0.25) is 0 Å². The van der Waals surface area contributed by atoms with Gasteiger partial charge in [-0.3, -0.25) is 9.78 Å². The Morgan fingerprint density at radius 1 is 1.43 bits per heavy atom. The van der Waals surface area contributed by atoms with Crippen molar-refractivity contribution < 1.29 is 13.2 Å². The highest BCUT2D eigenvalue weighted by Crippen LogP contribution is 2.54. The molecule has 7 heteroatoms. The number of nitrogens with zero attached hydrogens (tertiary/aromatic N) is 2. The van der Waals surface area contributed by atoms with Gasteiger partial charge in [0.05, 0.1) is 11.8 Å². The van der Waals surface area contributed by atoms with Crippen LogP contribution < -0.4 is 4.72 Å². The van der Waals surface area contributed by atoms with Crippen molar-refractivity contribution in [3.8, 4) is 0 Å². The summed E-state index contributed by atoms with van der Waals surface area (Å²) in [6, 6.07) is 3.57. The first-order valence-corrected chi connectivity index (χ1v) is 8.95. The molecule has 1 aliphatic heterocycles. The average Bonchev–Trinajstić information content (AvgIpc) is 3.09. The number of sulfonamides is 1. The summed E-state index contributed by atoms with van der Waals surface area (Å²) < 4.78 is 25.3. The van der Waals surface area contributed by atoms with Gasteiger partial charge in [-0.05, 0) is 36.8 Å². The molecule has 1 aliphatic carbocycles. The Hall–Kier alpha value is -1.47. The second-order valence-electron chi connectivity index (χ2n) is 6.04. The lowest BCUT2D eigenvalue weighted by molar-refractivity contribution is 0.0673. The van der Waals surface area contributed by atoms with Crippen LogP contribution in [0.15, 0.2) is 24.5 Å². The molecule has 1 saturated heterocycles. The van der Waals surface area contributed by atoms with Gasteiger partial charge in [-0.25, -0.2) is 13.1 Å². The van der Waals surface area contributed by atoms with E-state index in [1.54, 1.807) is 24.5 Å². The zero-order chi connectivity index (χ0) is 15.1. The van der Waals surface area contributed by atoms with Crippen LogP contribution >= 0.6 is 0 Å². The van der Waals surface area contributed by atoms with Crippen LogP contribution in [0.3, 0.4) is 0 Å². The number of carbonyl (C=O) groups is 1. The first kappa shape index (κ1) is 14.5. The van der Waals surface area contributed by atoms with Crippen molar-refractivity contribution in [3.63, 3.8) is 0 Å². The molecule has 1 unspecified atom stereocenters. The van der Waals surface area contributed by atoms with Crippen LogP contribution in [0.5, 0.6) is 0 Å². The summed E-state index contributed by atoms with van der Waals surface area (Å²) in [5.41, 5.74) is 0.671. The van der Waals surface area contributed by atoms with E-state index in [2.05, 4.69) is 9.71 Å². The predicted octanol–water partition coefficient (Wildman–Crippen LogP) is 0.625. The van der Waals surface area contributed by atoms with E-state index in [1.165, 1.54) is 6.26 Å². The molecule has 1 atom stereocenters. The maximum atomic E-state index is 12.3. The standard InChI is InChI=1S/C14H19N3O3S/c1-21(19,20)16-12-9-14(12)4-7-17(8-5-14)13(18)11-3-2-6-15-10-11/h2-3,6,10,12,16H,4-5,7-9H2,1H3. The zero-order valence-electron chi connectivity index (χ0n) is 11.9. The number of aromatic nitrogens is 1. The van der Waals surface area contributed by atoms with Gasteiger partial charge in [0, 0.05) is 31.5 Å². The highest BCUT2D eigenvalue weighted by molar-refractivity contribution is 7.88. The second-order valence-corrected chi connectivity index (χ2v) is 7.82. The van der Waals surface area contributed by atoms with Gasteiger partial charge in [0.15, 0.2) is 0 Å². The Bertz CT molecular complexity index is 637. The fourth-order valence-corrected chi connectivity index (χ4v) is 4.00. The number of piperidine rings is 1. The average molecular weight is 309 g/mol. The first-order chi connectivity index (χ1) is 9.90. The third-order valence-electron chi connectivity index (χ3n) is 4.50. The zero-order valence-corrected chi connectivity index (χ0v) is 12.8. The molecule has 3 rings (SSSR count). The van der Waals surface area contributed by atoms with E-state index in [-0.39, 0.29) is 17.4 Å². The third kappa shape index (κ3) is 3.08. The van der Waals surface area contributed by atoms with Crippen molar-refractivity contribution in [1.29, 1.82) is 0 Å².